The average molecular weight is 381 g/mol. The van der Waals surface area contributed by atoms with Crippen LogP contribution in [0.5, 0.6) is 0 Å². The Morgan fingerprint density at radius 1 is 1.37 bits per heavy atom. The Balaban J connectivity index is 1.74. The van der Waals surface area contributed by atoms with Crippen LogP contribution in [-0.2, 0) is 10.3 Å². The lowest BCUT2D eigenvalue weighted by molar-refractivity contribution is -0.121. The molecule has 8 heteroatoms. The number of carbonyl (C=O) groups is 1. The topological polar surface area (TPSA) is 67.2 Å². The summed E-state index contributed by atoms with van der Waals surface area (Å²) in [4.78, 5) is 16.6. The Hall–Kier alpha value is -2.09. The van der Waals surface area contributed by atoms with Crippen molar-refractivity contribution in [2.75, 3.05) is 5.32 Å². The number of benzene rings is 1. The first-order chi connectivity index (χ1) is 12.6. The van der Waals surface area contributed by atoms with Gasteiger partial charge in [-0.25, -0.2) is 18.2 Å². The number of carbonyl (C=O) groups excluding carboxylic acids is 1. The van der Waals surface area contributed by atoms with Crippen molar-refractivity contribution in [1.29, 1.82) is 0 Å². The summed E-state index contributed by atoms with van der Waals surface area (Å²) in [5, 5.41) is 13.0. The Morgan fingerprint density at radius 3 is 2.59 bits per heavy atom. The molecule has 5 nitrogen and oxygen atoms in total. The number of aliphatic hydroxyl groups is 1. The van der Waals surface area contributed by atoms with Gasteiger partial charge in [-0.15, -0.1) is 0 Å². The minimum atomic E-state index is -1.55. The minimum Gasteiger partial charge on any atom is -0.389 e. The SMILES string of the molecule is CC1(n2c(NC(=O)C[C@@](C)(O)C3CC3)nc3cc(F)c(F)c(F)c32)CCC1. The zero-order valence-electron chi connectivity index (χ0n) is 15.3. The van der Waals surface area contributed by atoms with Crippen LogP contribution in [0.25, 0.3) is 11.0 Å². The number of hydrogen-bond acceptors (Lipinski definition) is 3. The minimum absolute atomic E-state index is 0.0488. The monoisotopic (exact) mass is 381 g/mol. The summed E-state index contributed by atoms with van der Waals surface area (Å²) < 4.78 is 43.5. The van der Waals surface area contributed by atoms with Gasteiger partial charge in [0.15, 0.2) is 17.5 Å². The van der Waals surface area contributed by atoms with Gasteiger partial charge >= 0.3 is 0 Å². The maximum atomic E-state index is 14.5. The molecule has 2 aliphatic rings. The Kier molecular flexibility index (Phi) is 4.03. The Labute approximate surface area is 154 Å². The lowest BCUT2D eigenvalue weighted by Crippen LogP contribution is -2.39. The molecule has 4 rings (SSSR count). The van der Waals surface area contributed by atoms with Crippen molar-refractivity contribution in [3.8, 4) is 0 Å². The molecule has 27 heavy (non-hydrogen) atoms. The number of anilines is 1. The molecule has 146 valence electrons. The maximum Gasteiger partial charge on any atom is 0.229 e. The molecule has 2 fully saturated rings. The second kappa shape index (κ2) is 5.95. The highest BCUT2D eigenvalue weighted by molar-refractivity contribution is 5.92. The molecule has 0 saturated heterocycles. The number of hydrogen-bond donors (Lipinski definition) is 2. The largest absolute Gasteiger partial charge is 0.389 e. The molecule has 2 N–H and O–H groups in total. The van der Waals surface area contributed by atoms with Gasteiger partial charge < -0.3 is 9.67 Å². The zero-order valence-corrected chi connectivity index (χ0v) is 15.3. The highest BCUT2D eigenvalue weighted by Gasteiger charge is 2.42. The molecule has 0 aliphatic heterocycles. The highest BCUT2D eigenvalue weighted by Crippen LogP contribution is 2.44. The van der Waals surface area contributed by atoms with E-state index in [0.29, 0.717) is 12.8 Å². The molecular weight excluding hydrogens is 359 g/mol. The number of amides is 1. The molecule has 2 aromatic rings. The van der Waals surface area contributed by atoms with Crippen molar-refractivity contribution in [3.63, 3.8) is 0 Å². The lowest BCUT2D eigenvalue weighted by Gasteiger charge is -2.41. The molecule has 1 heterocycles. The first-order valence-electron chi connectivity index (χ1n) is 9.21. The van der Waals surface area contributed by atoms with Crippen molar-refractivity contribution >= 4 is 22.9 Å². The van der Waals surface area contributed by atoms with Crippen LogP contribution in [0.3, 0.4) is 0 Å². The molecular formula is C19H22F3N3O2. The summed E-state index contributed by atoms with van der Waals surface area (Å²) in [7, 11) is 0. The third-order valence-corrected chi connectivity index (χ3v) is 5.98. The summed E-state index contributed by atoms with van der Waals surface area (Å²) in [6.45, 7) is 3.49. The van der Waals surface area contributed by atoms with Crippen LogP contribution in [-0.4, -0.2) is 26.2 Å². The first kappa shape index (κ1) is 18.3. The van der Waals surface area contributed by atoms with Crippen LogP contribution in [0.4, 0.5) is 19.1 Å². The number of nitrogens with zero attached hydrogens (tertiary/aromatic N) is 2. The van der Waals surface area contributed by atoms with E-state index in [2.05, 4.69) is 10.3 Å². The van der Waals surface area contributed by atoms with Gasteiger partial charge in [-0.3, -0.25) is 10.1 Å². The quantitative estimate of drug-likeness (QED) is 0.774. The summed E-state index contributed by atoms with van der Waals surface area (Å²) in [5.41, 5.74) is -1.86. The van der Waals surface area contributed by atoms with E-state index in [1.165, 1.54) is 4.57 Å². The van der Waals surface area contributed by atoms with Crippen molar-refractivity contribution in [3.05, 3.63) is 23.5 Å². The van der Waals surface area contributed by atoms with Crippen LogP contribution in [0.1, 0.15) is 52.4 Å². The van der Waals surface area contributed by atoms with E-state index in [4.69, 9.17) is 0 Å². The summed E-state index contributed by atoms with van der Waals surface area (Å²) in [5.74, 6) is -4.51. The fourth-order valence-electron chi connectivity index (χ4n) is 4.01. The van der Waals surface area contributed by atoms with Gasteiger partial charge in [-0.1, -0.05) is 0 Å². The van der Waals surface area contributed by atoms with Crippen LogP contribution in [0.2, 0.25) is 0 Å². The zero-order chi connectivity index (χ0) is 19.6. The first-order valence-corrected chi connectivity index (χ1v) is 9.21. The molecule has 0 unspecified atom stereocenters. The van der Waals surface area contributed by atoms with Gasteiger partial charge in [-0.2, -0.15) is 0 Å². The second-order valence-corrected chi connectivity index (χ2v) is 8.33. The van der Waals surface area contributed by atoms with Gasteiger partial charge in [0, 0.05) is 11.6 Å². The van der Waals surface area contributed by atoms with Crippen LogP contribution in [0.15, 0.2) is 6.07 Å². The smallest absolute Gasteiger partial charge is 0.229 e. The van der Waals surface area contributed by atoms with E-state index in [-0.39, 0.29) is 29.3 Å². The second-order valence-electron chi connectivity index (χ2n) is 8.33. The molecule has 0 radical (unpaired) electrons. The van der Waals surface area contributed by atoms with Crippen molar-refractivity contribution < 1.29 is 23.1 Å². The molecule has 2 saturated carbocycles. The van der Waals surface area contributed by atoms with E-state index < -0.39 is 34.5 Å². The van der Waals surface area contributed by atoms with Crippen LogP contribution in [0, 0.1) is 23.4 Å². The van der Waals surface area contributed by atoms with E-state index in [0.717, 1.165) is 25.3 Å². The molecule has 1 aromatic carbocycles. The third kappa shape index (κ3) is 2.99. The number of halogens is 3. The number of fused-ring (bicyclic) bond motifs is 1. The van der Waals surface area contributed by atoms with E-state index in [9.17, 15) is 23.1 Å². The summed E-state index contributed by atoms with van der Waals surface area (Å²) in [6.07, 6.45) is 3.95. The van der Waals surface area contributed by atoms with Gasteiger partial charge in [-0.05, 0) is 51.9 Å². The predicted octanol–water partition coefficient (Wildman–Crippen LogP) is 3.84. The van der Waals surface area contributed by atoms with Crippen LogP contribution >= 0.6 is 0 Å². The molecule has 1 atom stereocenters. The van der Waals surface area contributed by atoms with E-state index in [1.807, 2.05) is 6.92 Å². The van der Waals surface area contributed by atoms with Gasteiger partial charge in [0.25, 0.3) is 0 Å². The maximum absolute atomic E-state index is 14.5. The van der Waals surface area contributed by atoms with Gasteiger partial charge in [0.05, 0.1) is 17.5 Å². The summed E-state index contributed by atoms with van der Waals surface area (Å²) >= 11 is 0. The fraction of sp³-hybridized carbons (Fsp3) is 0.579. The average Bonchev–Trinajstić information content (AvgIpc) is 3.34. The van der Waals surface area contributed by atoms with E-state index in [1.54, 1.807) is 6.92 Å². The highest BCUT2D eigenvalue weighted by atomic mass is 19.2. The van der Waals surface area contributed by atoms with Gasteiger partial charge in [0.1, 0.15) is 5.52 Å². The Bertz CT molecular complexity index is 930. The summed E-state index contributed by atoms with van der Waals surface area (Å²) in [6, 6.07) is 0.836. The number of nitrogens with one attached hydrogen (secondary N) is 1. The van der Waals surface area contributed by atoms with Gasteiger partial charge in [0.2, 0.25) is 11.9 Å². The fourth-order valence-corrected chi connectivity index (χ4v) is 4.01. The Morgan fingerprint density at radius 2 is 2.04 bits per heavy atom. The number of imidazole rings is 1. The lowest BCUT2D eigenvalue weighted by atomic mass is 9.78. The van der Waals surface area contributed by atoms with Crippen LogP contribution < -0.4 is 5.32 Å². The number of rotatable bonds is 5. The predicted molar refractivity (Wildman–Crippen MR) is 93.7 cm³/mol. The molecule has 1 amide bonds. The molecule has 1 aromatic heterocycles. The molecule has 2 aliphatic carbocycles. The molecule has 0 bridgehead atoms. The normalized spacial score (nSPS) is 21.0. The van der Waals surface area contributed by atoms with E-state index >= 15 is 0 Å². The standard InChI is InChI=1S/C19H22F3N3O2/c1-18(6-3-7-18)25-16-12(8-11(20)14(21)15(16)22)23-17(25)24-13(26)9-19(2,27)10-4-5-10/h8,10,27H,3-7,9H2,1-2H3,(H,23,24,26)/t19-/m1/s1. The van der Waals surface area contributed by atoms with Crippen molar-refractivity contribution in [1.82, 2.24) is 9.55 Å². The molecule has 0 spiro atoms. The van der Waals surface area contributed by atoms with Crippen molar-refractivity contribution in [2.45, 2.75) is 63.5 Å². The van der Waals surface area contributed by atoms with Crippen molar-refractivity contribution in [2.24, 2.45) is 5.92 Å². The third-order valence-electron chi connectivity index (χ3n) is 5.98. The number of aromatic nitrogens is 2.